The van der Waals surface area contributed by atoms with E-state index in [1.54, 1.807) is 30.3 Å². The molecule has 0 amide bonds. The van der Waals surface area contributed by atoms with Crippen LogP contribution in [0.4, 0.5) is 0 Å². The zero-order chi connectivity index (χ0) is 11.5. The molecule has 0 bridgehead atoms. The van der Waals surface area contributed by atoms with Gasteiger partial charge < -0.3 is 0 Å². The number of rotatable bonds is 2. The highest BCUT2D eigenvalue weighted by molar-refractivity contribution is 9.10. The number of hydrogen-bond donors (Lipinski definition) is 0. The first-order valence-electron chi connectivity index (χ1n) is 4.72. The van der Waals surface area contributed by atoms with Gasteiger partial charge in [0.2, 0.25) is 0 Å². The monoisotopic (exact) mass is 294 g/mol. The van der Waals surface area contributed by atoms with Crippen LogP contribution in [-0.2, 0) is 0 Å². The van der Waals surface area contributed by atoms with Gasteiger partial charge in [0.15, 0.2) is 5.78 Å². The molecule has 0 fully saturated rings. The maximum atomic E-state index is 12.1. The van der Waals surface area contributed by atoms with Gasteiger partial charge in [-0.05, 0) is 18.2 Å². The largest absolute Gasteiger partial charge is 0.289 e. The maximum absolute atomic E-state index is 12.1. The quantitative estimate of drug-likeness (QED) is 0.754. The lowest BCUT2D eigenvalue weighted by Gasteiger charge is -2.02. The molecule has 2 aromatic carbocycles. The molecule has 0 saturated heterocycles. The molecule has 0 saturated carbocycles. The summed E-state index contributed by atoms with van der Waals surface area (Å²) in [6, 6.07) is 14.3. The van der Waals surface area contributed by atoms with Gasteiger partial charge in [0.25, 0.3) is 0 Å². The van der Waals surface area contributed by atoms with Crippen molar-refractivity contribution in [3.05, 3.63) is 69.2 Å². The van der Waals surface area contributed by atoms with Crippen LogP contribution in [0, 0.1) is 0 Å². The fourth-order valence-electron chi connectivity index (χ4n) is 1.44. The molecule has 0 aliphatic rings. The third-order valence-electron chi connectivity index (χ3n) is 2.16. The van der Waals surface area contributed by atoms with Gasteiger partial charge in [-0.25, -0.2) is 0 Å². The van der Waals surface area contributed by atoms with Gasteiger partial charge in [0.1, 0.15) is 0 Å². The van der Waals surface area contributed by atoms with Gasteiger partial charge in [-0.3, -0.25) is 4.79 Å². The topological polar surface area (TPSA) is 17.1 Å². The number of ketones is 1. The molecule has 1 nitrogen and oxygen atoms in total. The van der Waals surface area contributed by atoms with Crippen molar-refractivity contribution in [3.8, 4) is 0 Å². The van der Waals surface area contributed by atoms with Gasteiger partial charge in [0, 0.05) is 20.6 Å². The van der Waals surface area contributed by atoms with Crippen molar-refractivity contribution in [2.75, 3.05) is 0 Å². The van der Waals surface area contributed by atoms with Crippen LogP contribution in [0.15, 0.2) is 53.0 Å². The van der Waals surface area contributed by atoms with Crippen LogP contribution in [0.5, 0.6) is 0 Å². The molecule has 2 rings (SSSR count). The molecule has 0 atom stereocenters. The fraction of sp³-hybridized carbons (Fsp3) is 0. The second kappa shape index (κ2) is 4.81. The van der Waals surface area contributed by atoms with E-state index in [2.05, 4.69) is 15.9 Å². The fourth-order valence-corrected chi connectivity index (χ4v) is 2.30. The Kier molecular flexibility index (Phi) is 3.42. The van der Waals surface area contributed by atoms with Crippen molar-refractivity contribution < 1.29 is 4.79 Å². The lowest BCUT2D eigenvalue weighted by atomic mass is 10.0. The van der Waals surface area contributed by atoms with Crippen molar-refractivity contribution >= 4 is 33.3 Å². The summed E-state index contributed by atoms with van der Waals surface area (Å²) in [6.07, 6.45) is 0. The summed E-state index contributed by atoms with van der Waals surface area (Å²) >= 11 is 9.22. The predicted octanol–water partition coefficient (Wildman–Crippen LogP) is 4.33. The summed E-state index contributed by atoms with van der Waals surface area (Å²) in [5.74, 6) is -0.0243. The third kappa shape index (κ3) is 2.52. The molecule has 0 spiro atoms. The molecule has 0 aliphatic heterocycles. The third-order valence-corrected chi connectivity index (χ3v) is 2.84. The van der Waals surface area contributed by atoms with E-state index in [-0.39, 0.29) is 5.78 Å². The number of hydrogen-bond acceptors (Lipinski definition) is 1. The number of carbonyl (C=O) groups is 1. The zero-order valence-electron chi connectivity index (χ0n) is 8.28. The maximum Gasteiger partial charge on any atom is 0.193 e. The summed E-state index contributed by atoms with van der Waals surface area (Å²) in [7, 11) is 0. The molecule has 0 N–H and O–H groups in total. The van der Waals surface area contributed by atoms with E-state index in [9.17, 15) is 4.79 Å². The molecule has 0 unspecified atom stereocenters. The SMILES string of the molecule is O=C(c1ccccc1)c1cc(Cl)cc(Br)c1. The molecule has 80 valence electrons. The predicted molar refractivity (Wildman–Crippen MR) is 69.0 cm³/mol. The summed E-state index contributed by atoms with van der Waals surface area (Å²) in [6.45, 7) is 0. The van der Waals surface area contributed by atoms with Gasteiger partial charge >= 0.3 is 0 Å². The minimum absolute atomic E-state index is 0.0243. The van der Waals surface area contributed by atoms with Gasteiger partial charge in [0.05, 0.1) is 0 Å². The number of benzene rings is 2. The highest BCUT2D eigenvalue weighted by Gasteiger charge is 2.09. The summed E-state index contributed by atoms with van der Waals surface area (Å²) < 4.78 is 0.805. The lowest BCUT2D eigenvalue weighted by molar-refractivity contribution is 0.103. The average molecular weight is 296 g/mol. The Hall–Kier alpha value is -1.12. The van der Waals surface area contributed by atoms with Crippen LogP contribution in [-0.4, -0.2) is 5.78 Å². The smallest absolute Gasteiger partial charge is 0.193 e. The lowest BCUT2D eigenvalue weighted by Crippen LogP contribution is -2.00. The summed E-state index contributed by atoms with van der Waals surface area (Å²) in [5, 5.41) is 0.550. The molecule has 0 heterocycles. The van der Waals surface area contributed by atoms with Crippen molar-refractivity contribution in [2.24, 2.45) is 0 Å². The van der Waals surface area contributed by atoms with Crippen LogP contribution in [0.2, 0.25) is 5.02 Å². The van der Waals surface area contributed by atoms with E-state index in [1.807, 2.05) is 18.2 Å². The average Bonchev–Trinajstić information content (AvgIpc) is 2.28. The van der Waals surface area contributed by atoms with Crippen LogP contribution >= 0.6 is 27.5 Å². The van der Waals surface area contributed by atoms with Crippen molar-refractivity contribution in [1.82, 2.24) is 0 Å². The Morgan fingerprint density at radius 2 is 1.69 bits per heavy atom. The summed E-state index contributed by atoms with van der Waals surface area (Å²) in [5.41, 5.74) is 1.25. The van der Waals surface area contributed by atoms with E-state index < -0.39 is 0 Å². The van der Waals surface area contributed by atoms with E-state index in [0.717, 1.165) is 4.47 Å². The normalized spacial score (nSPS) is 10.1. The van der Waals surface area contributed by atoms with Crippen LogP contribution in [0.1, 0.15) is 15.9 Å². The molecule has 16 heavy (non-hydrogen) atoms. The van der Waals surface area contributed by atoms with E-state index in [4.69, 9.17) is 11.6 Å². The highest BCUT2D eigenvalue weighted by Crippen LogP contribution is 2.21. The van der Waals surface area contributed by atoms with Gasteiger partial charge in [-0.15, -0.1) is 0 Å². The molecule has 0 aromatic heterocycles. The van der Waals surface area contributed by atoms with Crippen molar-refractivity contribution in [2.45, 2.75) is 0 Å². The Morgan fingerprint density at radius 1 is 1.00 bits per heavy atom. The van der Waals surface area contributed by atoms with E-state index >= 15 is 0 Å². The Balaban J connectivity index is 2.42. The van der Waals surface area contributed by atoms with Gasteiger partial charge in [-0.2, -0.15) is 0 Å². The van der Waals surface area contributed by atoms with Crippen LogP contribution < -0.4 is 0 Å². The zero-order valence-corrected chi connectivity index (χ0v) is 10.6. The van der Waals surface area contributed by atoms with Gasteiger partial charge in [-0.1, -0.05) is 57.9 Å². The minimum atomic E-state index is -0.0243. The molecule has 2 aromatic rings. The first-order valence-corrected chi connectivity index (χ1v) is 5.90. The molecular formula is C13H8BrClO. The van der Waals surface area contributed by atoms with Crippen LogP contribution in [0.25, 0.3) is 0 Å². The second-order valence-corrected chi connectivity index (χ2v) is 4.71. The standard InChI is InChI=1S/C13H8BrClO/c14-11-6-10(7-12(15)8-11)13(16)9-4-2-1-3-5-9/h1-8H. The molecular weight excluding hydrogens is 287 g/mol. The Bertz CT molecular complexity index is 502. The molecule has 0 aliphatic carbocycles. The summed E-state index contributed by atoms with van der Waals surface area (Å²) in [4.78, 5) is 12.1. The first kappa shape index (κ1) is 11.4. The number of carbonyl (C=O) groups excluding carboxylic acids is 1. The highest BCUT2D eigenvalue weighted by atomic mass is 79.9. The minimum Gasteiger partial charge on any atom is -0.289 e. The van der Waals surface area contributed by atoms with E-state index in [0.29, 0.717) is 16.1 Å². The van der Waals surface area contributed by atoms with E-state index in [1.165, 1.54) is 0 Å². The Morgan fingerprint density at radius 3 is 2.31 bits per heavy atom. The second-order valence-electron chi connectivity index (χ2n) is 3.35. The van der Waals surface area contributed by atoms with Crippen molar-refractivity contribution in [3.63, 3.8) is 0 Å². The van der Waals surface area contributed by atoms with Crippen molar-refractivity contribution in [1.29, 1.82) is 0 Å². The number of halogens is 2. The van der Waals surface area contributed by atoms with Crippen LogP contribution in [0.3, 0.4) is 0 Å². The first-order chi connectivity index (χ1) is 7.66. The Labute approximate surface area is 107 Å². The molecule has 3 heteroatoms. The molecule has 0 radical (unpaired) electrons.